The molecule has 1 nitrogen and oxygen atoms in total. The zero-order chi connectivity index (χ0) is 13.6. The summed E-state index contributed by atoms with van der Waals surface area (Å²) in [4.78, 5) is 0. The van der Waals surface area contributed by atoms with Gasteiger partial charge in [-0.1, -0.05) is 71.4 Å². The zero-order valence-corrected chi connectivity index (χ0v) is 13.7. The van der Waals surface area contributed by atoms with Crippen molar-refractivity contribution in [3.63, 3.8) is 0 Å². The van der Waals surface area contributed by atoms with Gasteiger partial charge >= 0.3 is 0 Å². The number of halogens is 2. The third-order valence-electron chi connectivity index (χ3n) is 4.07. The van der Waals surface area contributed by atoms with Crippen molar-refractivity contribution in [2.45, 2.75) is 45.1 Å². The Morgan fingerprint density at radius 1 is 1.11 bits per heavy atom. The van der Waals surface area contributed by atoms with Gasteiger partial charge in [-0.2, -0.15) is 0 Å². The first-order chi connectivity index (χ1) is 9.26. The van der Waals surface area contributed by atoms with E-state index in [-0.39, 0.29) is 0 Å². The van der Waals surface area contributed by atoms with Crippen LogP contribution in [0.3, 0.4) is 0 Å². The van der Waals surface area contributed by atoms with E-state index < -0.39 is 0 Å². The molecule has 1 aromatic carbocycles. The Balaban J connectivity index is 1.87. The average molecular weight is 346 g/mol. The quantitative estimate of drug-likeness (QED) is 0.499. The topological polar surface area (TPSA) is 9.23 Å². The standard InChI is InChI=1S/C16H22BrClO/c17-12-16(9-5-1-2-6-10-16)13-19-11-14-7-3-4-8-15(14)18/h3-4,7-8H,1-2,5-6,9-13H2. The maximum atomic E-state index is 6.15. The van der Waals surface area contributed by atoms with Gasteiger partial charge in [0.25, 0.3) is 0 Å². The lowest BCUT2D eigenvalue weighted by atomic mass is 9.83. The molecule has 0 aromatic heterocycles. The number of hydrogen-bond donors (Lipinski definition) is 0. The van der Waals surface area contributed by atoms with E-state index in [2.05, 4.69) is 15.9 Å². The Morgan fingerprint density at radius 3 is 2.42 bits per heavy atom. The van der Waals surface area contributed by atoms with Gasteiger partial charge in [-0.3, -0.25) is 0 Å². The first kappa shape index (κ1) is 15.3. The monoisotopic (exact) mass is 344 g/mol. The van der Waals surface area contributed by atoms with Gasteiger partial charge in [0, 0.05) is 15.8 Å². The fourth-order valence-corrected chi connectivity index (χ4v) is 3.70. The molecular formula is C16H22BrClO. The van der Waals surface area contributed by atoms with Crippen molar-refractivity contribution in [2.75, 3.05) is 11.9 Å². The molecule has 0 aliphatic heterocycles. The van der Waals surface area contributed by atoms with Gasteiger partial charge in [0.05, 0.1) is 13.2 Å². The summed E-state index contributed by atoms with van der Waals surface area (Å²) in [6.07, 6.45) is 7.97. The van der Waals surface area contributed by atoms with E-state index in [0.29, 0.717) is 12.0 Å². The first-order valence-electron chi connectivity index (χ1n) is 7.13. The molecule has 2 rings (SSSR count). The van der Waals surface area contributed by atoms with Gasteiger partial charge in [0.15, 0.2) is 0 Å². The summed E-state index contributed by atoms with van der Waals surface area (Å²) >= 11 is 9.85. The second-order valence-corrected chi connectivity index (χ2v) is 6.60. The predicted molar refractivity (Wildman–Crippen MR) is 85.0 cm³/mol. The Kier molecular flexibility index (Phi) is 6.18. The van der Waals surface area contributed by atoms with E-state index in [1.165, 1.54) is 38.5 Å². The van der Waals surface area contributed by atoms with Crippen molar-refractivity contribution in [1.29, 1.82) is 0 Å². The zero-order valence-electron chi connectivity index (χ0n) is 11.3. The molecule has 0 spiro atoms. The summed E-state index contributed by atoms with van der Waals surface area (Å²) in [6.45, 7) is 1.46. The number of hydrogen-bond acceptors (Lipinski definition) is 1. The molecule has 0 atom stereocenters. The molecular weight excluding hydrogens is 324 g/mol. The molecule has 1 aromatic rings. The Hall–Kier alpha value is -0.0500. The Morgan fingerprint density at radius 2 is 1.79 bits per heavy atom. The Labute approximate surface area is 129 Å². The molecule has 1 aliphatic carbocycles. The molecule has 19 heavy (non-hydrogen) atoms. The van der Waals surface area contributed by atoms with Crippen molar-refractivity contribution >= 4 is 27.5 Å². The number of rotatable bonds is 5. The van der Waals surface area contributed by atoms with Crippen molar-refractivity contribution in [3.05, 3.63) is 34.9 Å². The van der Waals surface area contributed by atoms with Crippen LogP contribution >= 0.6 is 27.5 Å². The van der Waals surface area contributed by atoms with Gasteiger partial charge < -0.3 is 4.74 Å². The van der Waals surface area contributed by atoms with Gasteiger partial charge in [0.1, 0.15) is 0 Å². The van der Waals surface area contributed by atoms with Crippen LogP contribution in [0.2, 0.25) is 5.02 Å². The normalized spacial score (nSPS) is 19.1. The van der Waals surface area contributed by atoms with E-state index in [0.717, 1.165) is 22.5 Å². The summed E-state index contributed by atoms with van der Waals surface area (Å²) in [5.41, 5.74) is 1.42. The van der Waals surface area contributed by atoms with E-state index in [1.54, 1.807) is 0 Å². The highest BCUT2D eigenvalue weighted by molar-refractivity contribution is 9.09. The molecule has 106 valence electrons. The van der Waals surface area contributed by atoms with Crippen LogP contribution in [-0.2, 0) is 11.3 Å². The molecule has 0 amide bonds. The van der Waals surface area contributed by atoms with Gasteiger partial charge in [-0.05, 0) is 24.5 Å². The number of ether oxygens (including phenoxy) is 1. The minimum atomic E-state index is 0.331. The van der Waals surface area contributed by atoms with Crippen LogP contribution in [0.15, 0.2) is 24.3 Å². The molecule has 0 heterocycles. The summed E-state index contributed by atoms with van der Waals surface area (Å²) in [5.74, 6) is 0. The van der Waals surface area contributed by atoms with E-state index in [9.17, 15) is 0 Å². The molecule has 3 heteroatoms. The lowest BCUT2D eigenvalue weighted by Crippen LogP contribution is -2.28. The second-order valence-electron chi connectivity index (χ2n) is 5.63. The van der Waals surface area contributed by atoms with Crippen molar-refractivity contribution in [3.8, 4) is 0 Å². The van der Waals surface area contributed by atoms with Crippen LogP contribution in [0.4, 0.5) is 0 Å². The minimum absolute atomic E-state index is 0.331. The van der Waals surface area contributed by atoms with Crippen LogP contribution < -0.4 is 0 Å². The summed E-state index contributed by atoms with van der Waals surface area (Å²) in [5, 5.41) is 1.85. The Bertz CT molecular complexity index is 386. The molecule has 0 radical (unpaired) electrons. The first-order valence-corrected chi connectivity index (χ1v) is 8.63. The third-order valence-corrected chi connectivity index (χ3v) is 5.63. The molecule has 0 N–H and O–H groups in total. The highest BCUT2D eigenvalue weighted by atomic mass is 79.9. The van der Waals surface area contributed by atoms with E-state index in [1.807, 2.05) is 24.3 Å². The lowest BCUT2D eigenvalue weighted by molar-refractivity contribution is 0.0375. The molecule has 0 saturated heterocycles. The number of alkyl halides is 1. The third kappa shape index (κ3) is 4.47. The average Bonchev–Trinajstić information content (AvgIpc) is 2.67. The largest absolute Gasteiger partial charge is 0.376 e. The van der Waals surface area contributed by atoms with Crippen molar-refractivity contribution < 1.29 is 4.74 Å². The summed E-state index contributed by atoms with van der Waals surface area (Å²) in [7, 11) is 0. The fourth-order valence-electron chi connectivity index (χ4n) is 2.79. The van der Waals surface area contributed by atoms with Crippen LogP contribution in [-0.4, -0.2) is 11.9 Å². The molecule has 1 fully saturated rings. The molecule has 1 aliphatic rings. The SMILES string of the molecule is Clc1ccccc1COCC1(CBr)CCCCCC1. The van der Waals surface area contributed by atoms with E-state index >= 15 is 0 Å². The highest BCUT2D eigenvalue weighted by Crippen LogP contribution is 2.37. The van der Waals surface area contributed by atoms with Gasteiger partial charge in [-0.15, -0.1) is 0 Å². The molecule has 0 unspecified atom stereocenters. The highest BCUT2D eigenvalue weighted by Gasteiger charge is 2.30. The number of benzene rings is 1. The minimum Gasteiger partial charge on any atom is -0.376 e. The predicted octanol–water partition coefficient (Wildman–Crippen LogP) is 5.59. The van der Waals surface area contributed by atoms with Crippen molar-refractivity contribution in [1.82, 2.24) is 0 Å². The van der Waals surface area contributed by atoms with Crippen LogP contribution in [0.25, 0.3) is 0 Å². The second kappa shape index (κ2) is 7.66. The summed E-state index contributed by atoms with van der Waals surface area (Å²) in [6, 6.07) is 7.93. The van der Waals surface area contributed by atoms with Crippen LogP contribution in [0, 0.1) is 5.41 Å². The van der Waals surface area contributed by atoms with Gasteiger partial charge in [-0.25, -0.2) is 0 Å². The van der Waals surface area contributed by atoms with Crippen molar-refractivity contribution in [2.24, 2.45) is 5.41 Å². The van der Waals surface area contributed by atoms with Gasteiger partial charge in [0.2, 0.25) is 0 Å². The maximum absolute atomic E-state index is 6.15. The lowest BCUT2D eigenvalue weighted by Gasteiger charge is -2.30. The fraction of sp³-hybridized carbons (Fsp3) is 0.625. The smallest absolute Gasteiger partial charge is 0.0731 e. The van der Waals surface area contributed by atoms with Crippen LogP contribution in [0.5, 0.6) is 0 Å². The van der Waals surface area contributed by atoms with Crippen LogP contribution in [0.1, 0.15) is 44.1 Å². The molecule has 1 saturated carbocycles. The van der Waals surface area contributed by atoms with E-state index in [4.69, 9.17) is 16.3 Å². The summed E-state index contributed by atoms with van der Waals surface area (Å²) < 4.78 is 5.98. The molecule has 0 bridgehead atoms. The maximum Gasteiger partial charge on any atom is 0.0731 e.